The molecule has 0 aromatic heterocycles. The van der Waals surface area contributed by atoms with E-state index in [4.69, 9.17) is 9.47 Å². The molecular formula is C18H27NO2. The normalized spacial score (nSPS) is 18.6. The van der Waals surface area contributed by atoms with E-state index in [0.717, 1.165) is 36.4 Å². The third-order valence-electron chi connectivity index (χ3n) is 3.61. The van der Waals surface area contributed by atoms with Crippen molar-refractivity contribution in [3.63, 3.8) is 0 Å². The van der Waals surface area contributed by atoms with Gasteiger partial charge in [-0.3, -0.25) is 0 Å². The lowest BCUT2D eigenvalue weighted by Gasteiger charge is -2.11. The van der Waals surface area contributed by atoms with Gasteiger partial charge in [-0.05, 0) is 45.9 Å². The highest BCUT2D eigenvalue weighted by Crippen LogP contribution is 2.35. The molecule has 1 aliphatic heterocycles. The number of ether oxygens (including phenoxy) is 2. The van der Waals surface area contributed by atoms with Gasteiger partial charge in [0.05, 0.1) is 6.61 Å². The van der Waals surface area contributed by atoms with Gasteiger partial charge in [-0.2, -0.15) is 0 Å². The number of hydrogen-bond acceptors (Lipinski definition) is 3. The molecular weight excluding hydrogens is 262 g/mol. The molecule has 0 saturated carbocycles. The maximum absolute atomic E-state index is 5.85. The zero-order valence-corrected chi connectivity index (χ0v) is 13.6. The van der Waals surface area contributed by atoms with Crippen LogP contribution in [0.2, 0.25) is 0 Å². The summed E-state index contributed by atoms with van der Waals surface area (Å²) in [5, 5.41) is 3.45. The number of benzene rings is 1. The molecule has 1 heterocycles. The number of nitrogens with one attached hydrogen (secondary N) is 1. The second-order valence-electron chi connectivity index (χ2n) is 5.67. The summed E-state index contributed by atoms with van der Waals surface area (Å²) < 4.78 is 11.6. The first kappa shape index (κ1) is 15.9. The van der Waals surface area contributed by atoms with E-state index in [0.29, 0.717) is 12.6 Å². The maximum atomic E-state index is 5.85. The lowest BCUT2D eigenvalue weighted by atomic mass is 10.1. The van der Waals surface area contributed by atoms with Crippen LogP contribution in [-0.4, -0.2) is 25.3 Å². The minimum absolute atomic E-state index is 0.263. The molecule has 116 valence electrons. The lowest BCUT2D eigenvalue weighted by Crippen LogP contribution is -2.24. The highest BCUT2D eigenvalue weighted by atomic mass is 16.5. The van der Waals surface area contributed by atoms with Crippen molar-refractivity contribution in [1.29, 1.82) is 0 Å². The summed E-state index contributed by atoms with van der Waals surface area (Å²) >= 11 is 0. The average Bonchev–Trinajstić information content (AvgIpc) is 2.82. The number of fused-ring (bicyclic) bond motifs is 1. The maximum Gasteiger partial charge on any atom is 0.127 e. The van der Waals surface area contributed by atoms with E-state index in [1.54, 1.807) is 0 Å². The van der Waals surface area contributed by atoms with Crippen molar-refractivity contribution < 1.29 is 9.47 Å². The predicted molar refractivity (Wildman–Crippen MR) is 88.2 cm³/mol. The van der Waals surface area contributed by atoms with Gasteiger partial charge in [0.25, 0.3) is 0 Å². The van der Waals surface area contributed by atoms with Gasteiger partial charge in [-0.1, -0.05) is 19.1 Å². The van der Waals surface area contributed by atoms with E-state index in [2.05, 4.69) is 50.4 Å². The molecule has 3 nitrogen and oxygen atoms in total. The lowest BCUT2D eigenvalue weighted by molar-refractivity contribution is 0.254. The van der Waals surface area contributed by atoms with Crippen LogP contribution in [0.4, 0.5) is 0 Å². The molecule has 0 spiro atoms. The molecule has 0 fully saturated rings. The molecule has 3 heteroatoms. The molecule has 0 aliphatic carbocycles. The third-order valence-corrected chi connectivity index (χ3v) is 3.61. The van der Waals surface area contributed by atoms with Gasteiger partial charge in [-0.15, -0.1) is 0 Å². The quantitative estimate of drug-likeness (QED) is 0.828. The Morgan fingerprint density at radius 3 is 2.95 bits per heavy atom. The Bertz CT molecular complexity index is 496. The van der Waals surface area contributed by atoms with Crippen LogP contribution < -0.4 is 14.8 Å². The molecule has 2 unspecified atom stereocenters. The first-order chi connectivity index (χ1) is 10.1. The van der Waals surface area contributed by atoms with Crippen molar-refractivity contribution in [3.8, 4) is 11.5 Å². The standard InChI is InChI=1S/C18H27NO2/c1-5-9-19-13(3)7-8-15-11-18-16(10-14(4)21-18)12-17(15)20-6-2/h7-8,11-14,19H,5-6,9-10H2,1-4H3/b8-7+. The first-order valence-corrected chi connectivity index (χ1v) is 8.02. The molecule has 1 aromatic carbocycles. The molecule has 0 radical (unpaired) electrons. The summed E-state index contributed by atoms with van der Waals surface area (Å²) in [7, 11) is 0. The highest BCUT2D eigenvalue weighted by molar-refractivity contribution is 5.62. The van der Waals surface area contributed by atoms with Crippen LogP contribution in [0, 0.1) is 0 Å². The second-order valence-corrected chi connectivity index (χ2v) is 5.67. The minimum Gasteiger partial charge on any atom is -0.493 e. The molecule has 1 N–H and O–H groups in total. The number of rotatable bonds is 7. The van der Waals surface area contributed by atoms with Crippen LogP contribution in [0.5, 0.6) is 11.5 Å². The van der Waals surface area contributed by atoms with E-state index < -0.39 is 0 Å². The van der Waals surface area contributed by atoms with Crippen molar-refractivity contribution in [2.45, 2.75) is 52.7 Å². The topological polar surface area (TPSA) is 30.5 Å². The summed E-state index contributed by atoms with van der Waals surface area (Å²) in [6.45, 7) is 10.2. The van der Waals surface area contributed by atoms with Gasteiger partial charge in [0.15, 0.2) is 0 Å². The van der Waals surface area contributed by atoms with Crippen LogP contribution in [0.25, 0.3) is 6.08 Å². The van der Waals surface area contributed by atoms with Crippen molar-refractivity contribution in [1.82, 2.24) is 5.32 Å². The Morgan fingerprint density at radius 1 is 1.43 bits per heavy atom. The Morgan fingerprint density at radius 2 is 2.24 bits per heavy atom. The van der Waals surface area contributed by atoms with E-state index >= 15 is 0 Å². The predicted octanol–water partition coefficient (Wildman–Crippen LogP) is 3.81. The molecule has 0 bridgehead atoms. The summed E-state index contributed by atoms with van der Waals surface area (Å²) in [5.41, 5.74) is 2.34. The molecule has 2 atom stereocenters. The zero-order chi connectivity index (χ0) is 15.2. The Labute approximate surface area is 128 Å². The molecule has 2 rings (SSSR count). The second kappa shape index (κ2) is 7.51. The Hall–Kier alpha value is -1.48. The molecule has 1 aromatic rings. The van der Waals surface area contributed by atoms with Crippen LogP contribution in [0.3, 0.4) is 0 Å². The molecule has 21 heavy (non-hydrogen) atoms. The third kappa shape index (κ3) is 4.24. The van der Waals surface area contributed by atoms with Crippen LogP contribution >= 0.6 is 0 Å². The van der Waals surface area contributed by atoms with Crippen molar-refractivity contribution in [2.75, 3.05) is 13.2 Å². The van der Waals surface area contributed by atoms with Gasteiger partial charge < -0.3 is 14.8 Å². The van der Waals surface area contributed by atoms with Gasteiger partial charge >= 0.3 is 0 Å². The van der Waals surface area contributed by atoms with Crippen LogP contribution in [-0.2, 0) is 6.42 Å². The first-order valence-electron chi connectivity index (χ1n) is 8.02. The van der Waals surface area contributed by atoms with Crippen molar-refractivity contribution in [3.05, 3.63) is 29.3 Å². The van der Waals surface area contributed by atoms with Crippen LogP contribution in [0.1, 0.15) is 45.2 Å². The molecule has 0 amide bonds. The summed E-state index contributed by atoms with van der Waals surface area (Å²) in [5.74, 6) is 1.95. The summed E-state index contributed by atoms with van der Waals surface area (Å²) in [6.07, 6.45) is 6.68. The van der Waals surface area contributed by atoms with E-state index in [1.165, 1.54) is 5.56 Å². The monoisotopic (exact) mass is 289 g/mol. The van der Waals surface area contributed by atoms with Crippen molar-refractivity contribution >= 4 is 6.08 Å². The fourth-order valence-corrected chi connectivity index (χ4v) is 2.55. The van der Waals surface area contributed by atoms with Crippen molar-refractivity contribution in [2.24, 2.45) is 0 Å². The largest absolute Gasteiger partial charge is 0.493 e. The smallest absolute Gasteiger partial charge is 0.127 e. The van der Waals surface area contributed by atoms with Crippen LogP contribution in [0.15, 0.2) is 18.2 Å². The van der Waals surface area contributed by atoms with Gasteiger partial charge in [0.2, 0.25) is 0 Å². The SMILES string of the molecule is CCCNC(C)/C=C/c1cc2c(cc1OCC)CC(C)O2. The number of hydrogen-bond donors (Lipinski definition) is 1. The van der Waals surface area contributed by atoms with Gasteiger partial charge in [0, 0.05) is 23.6 Å². The van der Waals surface area contributed by atoms with E-state index in [1.807, 2.05) is 6.92 Å². The fourth-order valence-electron chi connectivity index (χ4n) is 2.55. The van der Waals surface area contributed by atoms with E-state index in [9.17, 15) is 0 Å². The Balaban J connectivity index is 2.17. The van der Waals surface area contributed by atoms with Gasteiger partial charge in [0.1, 0.15) is 17.6 Å². The summed E-state index contributed by atoms with van der Waals surface area (Å²) in [6, 6.07) is 4.59. The minimum atomic E-state index is 0.263. The molecule has 0 saturated heterocycles. The summed E-state index contributed by atoms with van der Waals surface area (Å²) in [4.78, 5) is 0. The Kier molecular flexibility index (Phi) is 5.68. The van der Waals surface area contributed by atoms with E-state index in [-0.39, 0.29) is 6.10 Å². The average molecular weight is 289 g/mol. The highest BCUT2D eigenvalue weighted by Gasteiger charge is 2.21. The van der Waals surface area contributed by atoms with Gasteiger partial charge in [-0.25, -0.2) is 0 Å². The molecule has 1 aliphatic rings. The fraction of sp³-hybridized carbons (Fsp3) is 0.556. The zero-order valence-electron chi connectivity index (χ0n) is 13.6.